The summed E-state index contributed by atoms with van der Waals surface area (Å²) < 4.78 is 5.33. The molecule has 0 aromatic heterocycles. The quantitative estimate of drug-likeness (QED) is 0.482. The molecular weight excluding hydrogens is 192 g/mol. The zero-order valence-electron chi connectivity index (χ0n) is 6.90. The van der Waals surface area contributed by atoms with Crippen molar-refractivity contribution in [3.63, 3.8) is 0 Å². The Hall–Kier alpha value is 0.440. The Bertz CT molecular complexity index is 66.3. The van der Waals surface area contributed by atoms with Crippen molar-refractivity contribution in [3.8, 4) is 0 Å². The third kappa shape index (κ3) is 6.56. The Labute approximate surface area is 72.3 Å². The van der Waals surface area contributed by atoms with Crippen LogP contribution in [-0.4, -0.2) is 18.5 Å². The van der Waals surface area contributed by atoms with Crippen molar-refractivity contribution in [3.05, 3.63) is 0 Å². The van der Waals surface area contributed by atoms with E-state index < -0.39 is 0 Å². The molecule has 2 heteroatoms. The predicted octanol–water partition coefficient (Wildman–Crippen LogP) is 2.83. The summed E-state index contributed by atoms with van der Waals surface area (Å²) in [5.41, 5.74) is 0. The van der Waals surface area contributed by atoms with E-state index in [0.717, 1.165) is 30.9 Å². The standard InChI is InChI=1S/C8H17BrO/c1-3-5-10-6-4-8(2)7-9/h8H,3-7H2,1-2H3. The van der Waals surface area contributed by atoms with Crippen LogP contribution in [-0.2, 0) is 4.74 Å². The number of hydrogen-bond acceptors (Lipinski definition) is 1. The van der Waals surface area contributed by atoms with E-state index in [1.807, 2.05) is 0 Å². The molecule has 0 aromatic carbocycles. The summed E-state index contributed by atoms with van der Waals surface area (Å²) in [6.45, 7) is 6.19. The van der Waals surface area contributed by atoms with Crippen LogP contribution < -0.4 is 0 Å². The number of rotatable bonds is 6. The van der Waals surface area contributed by atoms with Gasteiger partial charge in [0.1, 0.15) is 0 Å². The topological polar surface area (TPSA) is 9.23 Å². The van der Waals surface area contributed by atoms with E-state index in [9.17, 15) is 0 Å². The van der Waals surface area contributed by atoms with Gasteiger partial charge in [0, 0.05) is 18.5 Å². The van der Waals surface area contributed by atoms with Crippen LogP contribution in [0.4, 0.5) is 0 Å². The van der Waals surface area contributed by atoms with Gasteiger partial charge in [0.25, 0.3) is 0 Å². The monoisotopic (exact) mass is 208 g/mol. The first-order valence-corrected chi connectivity index (χ1v) is 5.07. The molecule has 0 spiro atoms. The van der Waals surface area contributed by atoms with Crippen LogP contribution in [0.15, 0.2) is 0 Å². The predicted molar refractivity (Wildman–Crippen MR) is 48.7 cm³/mol. The molecule has 0 radical (unpaired) electrons. The molecule has 0 bridgehead atoms. The van der Waals surface area contributed by atoms with Crippen LogP contribution in [0.25, 0.3) is 0 Å². The first kappa shape index (κ1) is 10.4. The van der Waals surface area contributed by atoms with Gasteiger partial charge in [0.15, 0.2) is 0 Å². The Kier molecular flexibility index (Phi) is 7.88. The molecule has 0 rings (SSSR count). The van der Waals surface area contributed by atoms with Crippen LogP contribution in [0.2, 0.25) is 0 Å². The third-order valence-electron chi connectivity index (χ3n) is 1.37. The second-order valence-corrected chi connectivity index (χ2v) is 3.31. The van der Waals surface area contributed by atoms with Crippen molar-refractivity contribution in [1.29, 1.82) is 0 Å². The van der Waals surface area contributed by atoms with E-state index in [-0.39, 0.29) is 0 Å². The SMILES string of the molecule is CCCOCCC(C)CBr. The highest BCUT2D eigenvalue weighted by atomic mass is 79.9. The number of alkyl halides is 1. The maximum atomic E-state index is 5.33. The van der Waals surface area contributed by atoms with Crippen molar-refractivity contribution in [2.45, 2.75) is 26.7 Å². The van der Waals surface area contributed by atoms with Crippen LogP contribution in [0.1, 0.15) is 26.7 Å². The van der Waals surface area contributed by atoms with Crippen LogP contribution in [0, 0.1) is 5.92 Å². The number of ether oxygens (including phenoxy) is 1. The van der Waals surface area contributed by atoms with E-state index in [4.69, 9.17) is 4.74 Å². The molecule has 0 aliphatic rings. The van der Waals surface area contributed by atoms with Gasteiger partial charge >= 0.3 is 0 Å². The van der Waals surface area contributed by atoms with Gasteiger partial charge in [-0.05, 0) is 18.8 Å². The molecule has 0 fully saturated rings. The Balaban J connectivity index is 2.89. The summed E-state index contributed by atoms with van der Waals surface area (Å²) in [6.07, 6.45) is 2.30. The maximum absolute atomic E-state index is 5.33. The van der Waals surface area contributed by atoms with Crippen molar-refractivity contribution < 1.29 is 4.74 Å². The molecule has 0 saturated heterocycles. The van der Waals surface area contributed by atoms with Gasteiger partial charge in [-0.15, -0.1) is 0 Å². The van der Waals surface area contributed by atoms with Crippen molar-refractivity contribution >= 4 is 15.9 Å². The fourth-order valence-corrected chi connectivity index (χ4v) is 0.932. The second-order valence-electron chi connectivity index (χ2n) is 2.66. The van der Waals surface area contributed by atoms with Crippen LogP contribution >= 0.6 is 15.9 Å². The van der Waals surface area contributed by atoms with Crippen molar-refractivity contribution in [1.82, 2.24) is 0 Å². The molecule has 62 valence electrons. The van der Waals surface area contributed by atoms with Crippen LogP contribution in [0.3, 0.4) is 0 Å². The normalized spacial score (nSPS) is 13.5. The molecule has 1 unspecified atom stereocenters. The molecule has 0 aliphatic heterocycles. The minimum atomic E-state index is 0.747. The smallest absolute Gasteiger partial charge is 0.0468 e. The molecule has 1 nitrogen and oxygen atoms in total. The maximum Gasteiger partial charge on any atom is 0.0468 e. The Morgan fingerprint density at radius 3 is 2.60 bits per heavy atom. The molecule has 0 aromatic rings. The summed E-state index contributed by atoms with van der Waals surface area (Å²) in [6, 6.07) is 0. The molecule has 10 heavy (non-hydrogen) atoms. The molecule has 0 N–H and O–H groups in total. The summed E-state index contributed by atoms with van der Waals surface area (Å²) >= 11 is 3.43. The van der Waals surface area contributed by atoms with Gasteiger partial charge in [0.2, 0.25) is 0 Å². The van der Waals surface area contributed by atoms with E-state index in [1.54, 1.807) is 0 Å². The van der Waals surface area contributed by atoms with Gasteiger partial charge in [0.05, 0.1) is 0 Å². The van der Waals surface area contributed by atoms with E-state index in [2.05, 4.69) is 29.8 Å². The van der Waals surface area contributed by atoms with E-state index in [0.29, 0.717) is 0 Å². The lowest BCUT2D eigenvalue weighted by atomic mass is 10.1. The Morgan fingerprint density at radius 2 is 2.10 bits per heavy atom. The first-order chi connectivity index (χ1) is 4.81. The minimum Gasteiger partial charge on any atom is -0.381 e. The van der Waals surface area contributed by atoms with Gasteiger partial charge < -0.3 is 4.74 Å². The van der Waals surface area contributed by atoms with E-state index >= 15 is 0 Å². The summed E-state index contributed by atoms with van der Waals surface area (Å²) in [4.78, 5) is 0. The molecule has 0 amide bonds. The summed E-state index contributed by atoms with van der Waals surface area (Å²) in [5.74, 6) is 0.747. The Morgan fingerprint density at radius 1 is 1.40 bits per heavy atom. The molecule has 0 aliphatic carbocycles. The fourth-order valence-electron chi connectivity index (χ4n) is 0.608. The summed E-state index contributed by atoms with van der Waals surface area (Å²) in [5, 5.41) is 1.09. The first-order valence-electron chi connectivity index (χ1n) is 3.95. The highest BCUT2D eigenvalue weighted by molar-refractivity contribution is 9.09. The second kappa shape index (κ2) is 7.55. The van der Waals surface area contributed by atoms with Crippen molar-refractivity contribution in [2.75, 3.05) is 18.5 Å². The largest absolute Gasteiger partial charge is 0.381 e. The fraction of sp³-hybridized carbons (Fsp3) is 1.00. The third-order valence-corrected chi connectivity index (χ3v) is 2.47. The van der Waals surface area contributed by atoms with Gasteiger partial charge in [-0.25, -0.2) is 0 Å². The molecule has 0 saturated carbocycles. The number of halogens is 1. The highest BCUT2D eigenvalue weighted by Gasteiger charge is 1.97. The summed E-state index contributed by atoms with van der Waals surface area (Å²) in [7, 11) is 0. The van der Waals surface area contributed by atoms with Crippen LogP contribution in [0.5, 0.6) is 0 Å². The van der Waals surface area contributed by atoms with Crippen molar-refractivity contribution in [2.24, 2.45) is 5.92 Å². The average Bonchev–Trinajstić information content (AvgIpc) is 1.98. The lowest BCUT2D eigenvalue weighted by molar-refractivity contribution is 0.124. The van der Waals surface area contributed by atoms with Gasteiger partial charge in [-0.1, -0.05) is 29.8 Å². The zero-order valence-corrected chi connectivity index (χ0v) is 8.49. The molecule has 1 atom stereocenters. The van der Waals surface area contributed by atoms with Gasteiger partial charge in [-0.2, -0.15) is 0 Å². The van der Waals surface area contributed by atoms with Gasteiger partial charge in [-0.3, -0.25) is 0 Å². The van der Waals surface area contributed by atoms with E-state index in [1.165, 1.54) is 6.42 Å². The highest BCUT2D eigenvalue weighted by Crippen LogP contribution is 2.04. The number of hydrogen-bond donors (Lipinski definition) is 0. The minimum absolute atomic E-state index is 0.747. The lowest BCUT2D eigenvalue weighted by Crippen LogP contribution is -2.03. The zero-order chi connectivity index (χ0) is 7.82. The average molecular weight is 209 g/mol. The molecule has 0 heterocycles. The lowest BCUT2D eigenvalue weighted by Gasteiger charge is -2.06. The molecular formula is C8H17BrO.